The van der Waals surface area contributed by atoms with Crippen LogP contribution in [0.4, 0.5) is 0 Å². The van der Waals surface area contributed by atoms with Crippen LogP contribution >= 0.6 is 11.3 Å². The number of nitrogens with zero attached hydrogens (tertiary/aromatic N) is 1. The molecule has 0 radical (unpaired) electrons. The van der Waals surface area contributed by atoms with Crippen molar-refractivity contribution >= 4 is 11.3 Å². The van der Waals surface area contributed by atoms with Crippen LogP contribution in [-0.4, -0.2) is 4.98 Å². The van der Waals surface area contributed by atoms with Crippen LogP contribution in [0.5, 0.6) is 0 Å². The molecule has 76 valence electrons. The molecule has 0 saturated carbocycles. The van der Waals surface area contributed by atoms with Gasteiger partial charge >= 0.3 is 0 Å². The molecule has 0 saturated heterocycles. The highest BCUT2D eigenvalue weighted by Crippen LogP contribution is 2.18. The van der Waals surface area contributed by atoms with Crippen molar-refractivity contribution in [2.24, 2.45) is 5.92 Å². The van der Waals surface area contributed by atoms with Crippen LogP contribution in [-0.2, 0) is 6.42 Å². The second kappa shape index (κ2) is 5.76. The van der Waals surface area contributed by atoms with E-state index in [0.717, 1.165) is 12.8 Å². The van der Waals surface area contributed by atoms with Gasteiger partial charge in [-0.3, -0.25) is 0 Å². The average Bonchev–Trinajstić information content (AvgIpc) is 2.64. The first-order valence-electron chi connectivity index (χ1n) is 4.94. The summed E-state index contributed by atoms with van der Waals surface area (Å²) in [6.45, 7) is 8.18. The predicted octanol–water partition coefficient (Wildman–Crippen LogP) is 3.84. The Morgan fingerprint density at radius 2 is 2.43 bits per heavy atom. The SMILES string of the molecule is C=C/C=C(/CCc1nccs1)C(C)C. The molecule has 1 rings (SSSR count). The molecule has 0 N–H and O–H groups in total. The van der Waals surface area contributed by atoms with Crippen LogP contribution in [0, 0.1) is 5.92 Å². The summed E-state index contributed by atoms with van der Waals surface area (Å²) in [5.74, 6) is 0.605. The lowest BCUT2D eigenvalue weighted by Crippen LogP contribution is -1.96. The highest BCUT2D eigenvalue weighted by molar-refractivity contribution is 7.09. The van der Waals surface area contributed by atoms with Crippen molar-refractivity contribution in [3.63, 3.8) is 0 Å². The average molecular weight is 207 g/mol. The molecule has 0 atom stereocenters. The molecule has 0 amide bonds. The molecule has 14 heavy (non-hydrogen) atoms. The zero-order valence-corrected chi connectivity index (χ0v) is 9.68. The fraction of sp³-hybridized carbons (Fsp3) is 0.417. The van der Waals surface area contributed by atoms with E-state index in [2.05, 4.69) is 31.5 Å². The lowest BCUT2D eigenvalue weighted by atomic mass is 9.98. The molecule has 2 heteroatoms. The van der Waals surface area contributed by atoms with Gasteiger partial charge in [-0.15, -0.1) is 11.3 Å². The first-order chi connectivity index (χ1) is 6.74. The summed E-state index contributed by atoms with van der Waals surface area (Å²) in [4.78, 5) is 4.27. The molecule has 0 unspecified atom stereocenters. The van der Waals surface area contributed by atoms with Crippen molar-refractivity contribution in [2.75, 3.05) is 0 Å². The van der Waals surface area contributed by atoms with E-state index >= 15 is 0 Å². The number of allylic oxidation sites excluding steroid dienone is 3. The van der Waals surface area contributed by atoms with Crippen LogP contribution < -0.4 is 0 Å². The molecular weight excluding hydrogens is 190 g/mol. The minimum Gasteiger partial charge on any atom is -0.250 e. The molecule has 0 spiro atoms. The van der Waals surface area contributed by atoms with E-state index in [1.54, 1.807) is 11.3 Å². The Labute approximate surface area is 90.2 Å². The van der Waals surface area contributed by atoms with E-state index in [0.29, 0.717) is 5.92 Å². The molecular formula is C12H17NS. The Balaban J connectivity index is 2.49. The molecule has 1 heterocycles. The van der Waals surface area contributed by atoms with Crippen molar-refractivity contribution < 1.29 is 0 Å². The number of aryl methyl sites for hydroxylation is 1. The quantitative estimate of drug-likeness (QED) is 0.668. The number of hydrogen-bond donors (Lipinski definition) is 0. The maximum atomic E-state index is 4.27. The van der Waals surface area contributed by atoms with E-state index < -0.39 is 0 Å². The first kappa shape index (κ1) is 11.2. The van der Waals surface area contributed by atoms with Crippen molar-refractivity contribution in [2.45, 2.75) is 26.7 Å². The molecule has 0 bridgehead atoms. The van der Waals surface area contributed by atoms with E-state index in [9.17, 15) is 0 Å². The van der Waals surface area contributed by atoms with Crippen molar-refractivity contribution in [1.82, 2.24) is 4.98 Å². The number of rotatable bonds is 5. The second-order valence-electron chi connectivity index (χ2n) is 3.56. The fourth-order valence-corrected chi connectivity index (χ4v) is 1.96. The maximum absolute atomic E-state index is 4.27. The van der Waals surface area contributed by atoms with Gasteiger partial charge in [-0.1, -0.05) is 38.2 Å². The van der Waals surface area contributed by atoms with Crippen LogP contribution in [0.2, 0.25) is 0 Å². The second-order valence-corrected chi connectivity index (χ2v) is 4.54. The van der Waals surface area contributed by atoms with Crippen LogP contribution in [0.3, 0.4) is 0 Å². The third kappa shape index (κ3) is 3.46. The predicted molar refractivity (Wildman–Crippen MR) is 63.6 cm³/mol. The molecule has 1 nitrogen and oxygen atoms in total. The van der Waals surface area contributed by atoms with Crippen molar-refractivity contribution in [3.05, 3.63) is 40.9 Å². The standard InChI is InChI=1S/C12H17NS/c1-4-5-11(10(2)3)6-7-12-13-8-9-14-12/h4-5,8-10H,1,6-7H2,2-3H3/b11-5-. The maximum Gasteiger partial charge on any atom is 0.0927 e. The van der Waals surface area contributed by atoms with E-state index in [4.69, 9.17) is 0 Å². The molecule has 0 aliphatic rings. The van der Waals surface area contributed by atoms with Gasteiger partial charge in [-0.05, 0) is 12.3 Å². The first-order valence-corrected chi connectivity index (χ1v) is 5.82. The lowest BCUT2D eigenvalue weighted by molar-refractivity contribution is 0.708. The summed E-state index contributed by atoms with van der Waals surface area (Å²) in [6, 6.07) is 0. The Morgan fingerprint density at radius 1 is 1.64 bits per heavy atom. The largest absolute Gasteiger partial charge is 0.250 e. The number of thiazole rings is 1. The van der Waals surface area contributed by atoms with Gasteiger partial charge in [0.1, 0.15) is 0 Å². The summed E-state index contributed by atoms with van der Waals surface area (Å²) in [7, 11) is 0. The minimum atomic E-state index is 0.605. The van der Waals surface area contributed by atoms with Gasteiger partial charge in [0.15, 0.2) is 0 Å². The van der Waals surface area contributed by atoms with Crippen molar-refractivity contribution in [3.8, 4) is 0 Å². The topological polar surface area (TPSA) is 12.9 Å². The highest BCUT2D eigenvalue weighted by atomic mass is 32.1. The third-order valence-corrected chi connectivity index (χ3v) is 3.02. The van der Waals surface area contributed by atoms with Crippen molar-refractivity contribution in [1.29, 1.82) is 0 Å². The molecule has 1 aromatic rings. The Hall–Kier alpha value is -0.890. The van der Waals surface area contributed by atoms with E-state index in [1.807, 2.05) is 17.7 Å². The lowest BCUT2D eigenvalue weighted by Gasteiger charge is -2.09. The van der Waals surface area contributed by atoms with Gasteiger partial charge in [-0.2, -0.15) is 0 Å². The molecule has 0 aliphatic carbocycles. The van der Waals surface area contributed by atoms with Gasteiger partial charge < -0.3 is 0 Å². The Bertz CT molecular complexity index is 296. The third-order valence-electron chi connectivity index (χ3n) is 2.18. The molecule has 0 fully saturated rings. The number of hydrogen-bond acceptors (Lipinski definition) is 2. The Morgan fingerprint density at radius 3 is 2.93 bits per heavy atom. The smallest absolute Gasteiger partial charge is 0.0927 e. The molecule has 0 aromatic carbocycles. The van der Waals surface area contributed by atoms with Crippen LogP contribution in [0.25, 0.3) is 0 Å². The van der Waals surface area contributed by atoms with Crippen LogP contribution in [0.15, 0.2) is 35.9 Å². The summed E-state index contributed by atoms with van der Waals surface area (Å²) < 4.78 is 0. The highest BCUT2D eigenvalue weighted by Gasteiger charge is 2.03. The van der Waals surface area contributed by atoms with Gasteiger partial charge in [0.2, 0.25) is 0 Å². The summed E-state index contributed by atoms with van der Waals surface area (Å²) in [5, 5.41) is 3.25. The van der Waals surface area contributed by atoms with E-state index in [-0.39, 0.29) is 0 Å². The van der Waals surface area contributed by atoms with E-state index in [1.165, 1.54) is 10.6 Å². The molecule has 0 aliphatic heterocycles. The zero-order valence-electron chi connectivity index (χ0n) is 8.86. The summed E-state index contributed by atoms with van der Waals surface area (Å²) in [6.07, 6.45) is 8.01. The van der Waals surface area contributed by atoms with Gasteiger partial charge in [-0.25, -0.2) is 4.98 Å². The minimum absolute atomic E-state index is 0.605. The molecule has 1 aromatic heterocycles. The fourth-order valence-electron chi connectivity index (χ4n) is 1.34. The van der Waals surface area contributed by atoms with Gasteiger partial charge in [0.05, 0.1) is 5.01 Å². The van der Waals surface area contributed by atoms with Crippen LogP contribution in [0.1, 0.15) is 25.3 Å². The zero-order chi connectivity index (χ0) is 10.4. The summed E-state index contributed by atoms with van der Waals surface area (Å²) >= 11 is 1.73. The Kier molecular flexibility index (Phi) is 4.60. The number of aromatic nitrogens is 1. The summed E-state index contributed by atoms with van der Waals surface area (Å²) in [5.41, 5.74) is 1.45. The monoisotopic (exact) mass is 207 g/mol. The van der Waals surface area contributed by atoms with Gasteiger partial charge in [0, 0.05) is 18.0 Å². The normalized spacial score (nSPS) is 12.1. The van der Waals surface area contributed by atoms with Gasteiger partial charge in [0.25, 0.3) is 0 Å².